The third-order valence-corrected chi connectivity index (χ3v) is 7.38. The average Bonchev–Trinajstić information content (AvgIpc) is 3.19. The van der Waals surface area contributed by atoms with Gasteiger partial charge in [-0.1, -0.05) is 17.7 Å². The summed E-state index contributed by atoms with van der Waals surface area (Å²) < 4.78 is 73.2. The normalized spacial score (nSPS) is 18.4. The molecule has 3 aromatic rings. The van der Waals surface area contributed by atoms with Gasteiger partial charge >= 0.3 is 6.18 Å². The summed E-state index contributed by atoms with van der Waals surface area (Å²) in [6, 6.07) is 11.4. The Balaban J connectivity index is 1.54. The van der Waals surface area contributed by atoms with Crippen molar-refractivity contribution in [1.29, 1.82) is 0 Å². The Bertz CT molecular complexity index is 1600. The predicted molar refractivity (Wildman–Crippen MR) is 138 cm³/mol. The molecular formula is C26H25F3N4O6S. The molecule has 1 aromatic heterocycles. The zero-order valence-corrected chi connectivity index (χ0v) is 22.3. The van der Waals surface area contributed by atoms with E-state index in [0.29, 0.717) is 23.4 Å². The van der Waals surface area contributed by atoms with Crippen molar-refractivity contribution in [3.05, 3.63) is 64.8 Å². The van der Waals surface area contributed by atoms with Crippen LogP contribution in [0.25, 0.3) is 5.69 Å². The summed E-state index contributed by atoms with van der Waals surface area (Å²) in [7, 11) is -3.64. The number of aromatic nitrogens is 2. The molecule has 3 heterocycles. The number of hydrogen-bond acceptors (Lipinski definition) is 7. The van der Waals surface area contributed by atoms with Crippen molar-refractivity contribution in [3.8, 4) is 17.2 Å². The van der Waals surface area contributed by atoms with Gasteiger partial charge in [-0.2, -0.15) is 18.3 Å². The molecule has 2 aromatic carbocycles. The number of hydrogen-bond donors (Lipinski definition) is 2. The number of aryl methyl sites for hydroxylation is 1. The molecule has 0 unspecified atom stereocenters. The van der Waals surface area contributed by atoms with Crippen molar-refractivity contribution >= 4 is 27.5 Å². The zero-order valence-electron chi connectivity index (χ0n) is 21.5. The van der Waals surface area contributed by atoms with Gasteiger partial charge in [0.15, 0.2) is 16.4 Å². The number of alkyl halides is 3. The van der Waals surface area contributed by atoms with Crippen molar-refractivity contribution < 1.29 is 40.7 Å². The van der Waals surface area contributed by atoms with Crippen LogP contribution >= 0.6 is 0 Å². The highest BCUT2D eigenvalue weighted by molar-refractivity contribution is 7.91. The number of nitrogens with one attached hydrogen (secondary N) is 2. The monoisotopic (exact) mass is 578 g/mol. The Morgan fingerprint density at radius 2 is 1.95 bits per heavy atom. The first-order valence-electron chi connectivity index (χ1n) is 12.2. The number of sulfone groups is 1. The lowest BCUT2D eigenvalue weighted by Crippen LogP contribution is -2.53. The number of benzene rings is 2. The van der Waals surface area contributed by atoms with Crippen LogP contribution in [0.5, 0.6) is 11.5 Å². The fourth-order valence-electron chi connectivity index (χ4n) is 4.89. The summed E-state index contributed by atoms with van der Waals surface area (Å²) in [5.41, 5.74) is 1.51. The maximum absolute atomic E-state index is 13.6. The lowest BCUT2D eigenvalue weighted by Gasteiger charge is -2.41. The summed E-state index contributed by atoms with van der Waals surface area (Å²) in [5.74, 6) is -1.89. The highest BCUT2D eigenvalue weighted by Crippen LogP contribution is 2.44. The molecule has 14 heteroatoms. The highest BCUT2D eigenvalue weighted by atomic mass is 32.2. The molecule has 2 aliphatic rings. The molecule has 5 rings (SSSR count). The first kappa shape index (κ1) is 27.5. The number of carbonyl (C=O) groups excluding carboxylic acids is 2. The molecule has 212 valence electrons. The second-order valence-electron chi connectivity index (χ2n) is 9.91. The van der Waals surface area contributed by atoms with E-state index in [9.17, 15) is 31.2 Å². The number of amides is 2. The molecule has 1 atom stereocenters. The van der Waals surface area contributed by atoms with Crippen molar-refractivity contribution in [2.75, 3.05) is 30.5 Å². The maximum atomic E-state index is 13.6. The molecule has 0 saturated heterocycles. The summed E-state index contributed by atoms with van der Waals surface area (Å²) in [5, 5.41) is 10.2. The van der Waals surface area contributed by atoms with Gasteiger partial charge in [-0.05, 0) is 31.2 Å². The summed E-state index contributed by atoms with van der Waals surface area (Å²) >= 11 is 0. The number of ether oxygens (including phenoxy) is 2. The van der Waals surface area contributed by atoms with Crippen LogP contribution in [0.1, 0.15) is 33.6 Å². The van der Waals surface area contributed by atoms with E-state index >= 15 is 0 Å². The van der Waals surface area contributed by atoms with E-state index in [1.807, 2.05) is 19.1 Å². The van der Waals surface area contributed by atoms with E-state index < -0.39 is 45.7 Å². The Morgan fingerprint density at radius 1 is 1.23 bits per heavy atom. The molecule has 2 N–H and O–H groups in total. The fourth-order valence-corrected chi connectivity index (χ4v) is 5.43. The average molecular weight is 579 g/mol. The number of rotatable bonds is 6. The largest absolute Gasteiger partial charge is 0.493 e. The van der Waals surface area contributed by atoms with E-state index in [4.69, 9.17) is 9.47 Å². The van der Waals surface area contributed by atoms with Crippen molar-refractivity contribution in [3.63, 3.8) is 0 Å². The first-order valence-corrected chi connectivity index (χ1v) is 14.2. The molecule has 40 heavy (non-hydrogen) atoms. The SMILES string of the molecule is Cc1ccc(-n2nc3c(c2NC(=O)CS(C)(=O)=O)C(=O)N[C@]2(CCOc4cc(OCC(F)(F)F)ccc42)C3)cc1. The number of anilines is 1. The molecule has 0 radical (unpaired) electrons. The molecule has 10 nitrogen and oxygen atoms in total. The van der Waals surface area contributed by atoms with E-state index in [1.165, 1.54) is 16.8 Å². The topological polar surface area (TPSA) is 129 Å². The highest BCUT2D eigenvalue weighted by Gasteiger charge is 2.46. The van der Waals surface area contributed by atoms with E-state index in [0.717, 1.165) is 11.8 Å². The minimum absolute atomic E-state index is 0.0306. The number of halogens is 3. The van der Waals surface area contributed by atoms with Gasteiger partial charge in [-0.25, -0.2) is 13.1 Å². The van der Waals surface area contributed by atoms with Crippen molar-refractivity contribution in [2.45, 2.75) is 31.5 Å². The van der Waals surface area contributed by atoms with Gasteiger partial charge in [-0.15, -0.1) is 0 Å². The van der Waals surface area contributed by atoms with Gasteiger partial charge in [0.2, 0.25) is 5.91 Å². The standard InChI is InChI=1S/C26H25F3N4O6S/c1-15-3-5-16(6-4-15)33-23(30-21(34)13-40(2,36)37)22-19(32-33)12-25(31-24(22)35)9-10-38-20-11-17(7-8-18(20)25)39-14-26(27,28)29/h3-8,11H,9-10,12-14H2,1-2H3,(H,30,34)(H,31,35)/t25-/m1/s1. The second kappa shape index (κ2) is 9.84. The minimum atomic E-state index is -4.50. The number of nitrogens with zero attached hydrogens (tertiary/aromatic N) is 2. The third-order valence-electron chi connectivity index (χ3n) is 6.59. The lowest BCUT2D eigenvalue weighted by molar-refractivity contribution is -0.153. The molecule has 0 saturated carbocycles. The third kappa shape index (κ3) is 5.62. The van der Waals surface area contributed by atoms with Crippen LogP contribution in [0.3, 0.4) is 0 Å². The van der Waals surface area contributed by atoms with Gasteiger partial charge in [0, 0.05) is 30.7 Å². The molecule has 0 aliphatic carbocycles. The van der Waals surface area contributed by atoms with Crippen LogP contribution in [0.2, 0.25) is 0 Å². The minimum Gasteiger partial charge on any atom is -0.493 e. The summed E-state index contributed by atoms with van der Waals surface area (Å²) in [4.78, 5) is 26.2. The fraction of sp³-hybridized carbons (Fsp3) is 0.346. The summed E-state index contributed by atoms with van der Waals surface area (Å²) in [6.07, 6.45) is -3.05. The Hall–Kier alpha value is -4.07. The van der Waals surface area contributed by atoms with Crippen LogP contribution in [-0.2, 0) is 26.6 Å². The van der Waals surface area contributed by atoms with Gasteiger partial charge in [0.25, 0.3) is 5.91 Å². The Kier molecular flexibility index (Phi) is 6.76. The Morgan fingerprint density at radius 3 is 2.62 bits per heavy atom. The van der Waals surface area contributed by atoms with Gasteiger partial charge in [-0.3, -0.25) is 9.59 Å². The van der Waals surface area contributed by atoms with Crippen LogP contribution in [-0.4, -0.2) is 61.4 Å². The molecule has 1 spiro atoms. The van der Waals surface area contributed by atoms with Crippen molar-refractivity contribution in [2.24, 2.45) is 0 Å². The van der Waals surface area contributed by atoms with Crippen molar-refractivity contribution in [1.82, 2.24) is 15.1 Å². The van der Waals surface area contributed by atoms with Crippen LogP contribution < -0.4 is 20.1 Å². The molecular weight excluding hydrogens is 553 g/mol. The first-order chi connectivity index (χ1) is 18.7. The number of fused-ring (bicyclic) bond motifs is 3. The Labute approximate surface area is 227 Å². The van der Waals surface area contributed by atoms with E-state index in [2.05, 4.69) is 15.7 Å². The van der Waals surface area contributed by atoms with Crippen LogP contribution in [0.15, 0.2) is 42.5 Å². The van der Waals surface area contributed by atoms with Gasteiger partial charge < -0.3 is 20.1 Å². The molecule has 2 aliphatic heterocycles. The maximum Gasteiger partial charge on any atom is 0.422 e. The quantitative estimate of drug-likeness (QED) is 0.460. The van der Waals surface area contributed by atoms with Gasteiger partial charge in [0.05, 0.1) is 23.5 Å². The van der Waals surface area contributed by atoms with E-state index in [-0.39, 0.29) is 35.9 Å². The molecule has 0 bridgehead atoms. The van der Waals surface area contributed by atoms with Crippen LogP contribution in [0.4, 0.5) is 19.0 Å². The predicted octanol–water partition coefficient (Wildman–Crippen LogP) is 3.07. The number of carbonyl (C=O) groups is 2. The zero-order chi connectivity index (χ0) is 28.9. The smallest absolute Gasteiger partial charge is 0.422 e. The van der Waals surface area contributed by atoms with Crippen LogP contribution in [0, 0.1) is 6.92 Å². The summed E-state index contributed by atoms with van der Waals surface area (Å²) in [6.45, 7) is 0.606. The molecule has 2 amide bonds. The van der Waals surface area contributed by atoms with Gasteiger partial charge in [0.1, 0.15) is 28.6 Å². The lowest BCUT2D eigenvalue weighted by atomic mass is 9.77. The van der Waals surface area contributed by atoms with E-state index in [1.54, 1.807) is 18.2 Å². The molecule has 0 fully saturated rings. The second-order valence-corrected chi connectivity index (χ2v) is 12.0.